The first-order valence-corrected chi connectivity index (χ1v) is 8.79. The van der Waals surface area contributed by atoms with Crippen molar-refractivity contribution in [2.24, 2.45) is 0 Å². The maximum atomic E-state index is 12.2. The molecule has 1 fully saturated rings. The van der Waals surface area contributed by atoms with Gasteiger partial charge in [-0.3, -0.25) is 0 Å². The molecule has 20 heavy (non-hydrogen) atoms. The van der Waals surface area contributed by atoms with Gasteiger partial charge in [0, 0.05) is 26.3 Å². The number of anilines is 1. The lowest BCUT2D eigenvalue weighted by atomic mass is 9.92. The highest BCUT2D eigenvalue weighted by Crippen LogP contribution is 2.29. The Bertz CT molecular complexity index is 545. The van der Waals surface area contributed by atoms with Crippen LogP contribution in [0.5, 0.6) is 0 Å². The molecule has 1 N–H and O–H groups in total. The molecule has 0 amide bonds. The standard InChI is InChI=1S/C14H23N3O2S/c1-3-9-20(18,19)17-8-4-5-13(11-17)12-6-7-16-14(10-12)15-2/h6-7,10,13H,3-5,8-9,11H2,1-2H3,(H,15,16)/t13-/m1/s1. The first-order valence-electron chi connectivity index (χ1n) is 7.18. The van der Waals surface area contributed by atoms with E-state index in [1.165, 1.54) is 5.56 Å². The number of piperidine rings is 1. The van der Waals surface area contributed by atoms with Gasteiger partial charge < -0.3 is 5.32 Å². The van der Waals surface area contributed by atoms with Gasteiger partial charge in [0.25, 0.3) is 0 Å². The first kappa shape index (κ1) is 15.3. The molecule has 1 atom stereocenters. The Balaban J connectivity index is 2.14. The smallest absolute Gasteiger partial charge is 0.214 e. The van der Waals surface area contributed by atoms with Crippen molar-refractivity contribution in [3.8, 4) is 0 Å². The van der Waals surface area contributed by atoms with Crippen molar-refractivity contribution in [1.82, 2.24) is 9.29 Å². The molecule has 112 valence electrons. The molecular weight excluding hydrogens is 274 g/mol. The van der Waals surface area contributed by atoms with Crippen molar-refractivity contribution in [3.05, 3.63) is 23.9 Å². The zero-order valence-corrected chi connectivity index (χ0v) is 13.0. The SMILES string of the molecule is CCCS(=O)(=O)N1CCC[C@@H](c2ccnc(NC)c2)C1. The molecule has 1 aromatic heterocycles. The Morgan fingerprint density at radius 1 is 1.50 bits per heavy atom. The minimum absolute atomic E-state index is 0.248. The summed E-state index contributed by atoms with van der Waals surface area (Å²) in [6.07, 6.45) is 4.40. The van der Waals surface area contributed by atoms with E-state index < -0.39 is 10.0 Å². The highest BCUT2D eigenvalue weighted by Gasteiger charge is 2.29. The lowest BCUT2D eigenvalue weighted by Gasteiger charge is -2.32. The molecule has 0 saturated carbocycles. The van der Waals surface area contributed by atoms with Gasteiger partial charge in [-0.1, -0.05) is 6.92 Å². The summed E-state index contributed by atoms with van der Waals surface area (Å²) in [5, 5.41) is 3.03. The maximum absolute atomic E-state index is 12.2. The summed E-state index contributed by atoms with van der Waals surface area (Å²) in [5.74, 6) is 1.35. The average Bonchev–Trinajstić information content (AvgIpc) is 2.47. The number of aromatic nitrogens is 1. The minimum Gasteiger partial charge on any atom is -0.373 e. The number of rotatable bonds is 5. The van der Waals surface area contributed by atoms with Gasteiger partial charge in [-0.15, -0.1) is 0 Å². The number of sulfonamides is 1. The second-order valence-electron chi connectivity index (χ2n) is 5.24. The fourth-order valence-electron chi connectivity index (χ4n) is 2.69. The molecule has 0 aliphatic carbocycles. The van der Waals surface area contributed by atoms with Crippen LogP contribution in [-0.4, -0.2) is 43.6 Å². The maximum Gasteiger partial charge on any atom is 0.214 e. The van der Waals surface area contributed by atoms with E-state index in [4.69, 9.17) is 0 Å². The molecule has 5 nitrogen and oxygen atoms in total. The number of nitrogens with one attached hydrogen (secondary N) is 1. The van der Waals surface area contributed by atoms with Crippen LogP contribution in [0.4, 0.5) is 5.82 Å². The molecule has 0 radical (unpaired) electrons. The Labute approximate surface area is 121 Å². The molecule has 2 rings (SSSR count). The summed E-state index contributed by atoms with van der Waals surface area (Å²) >= 11 is 0. The third-order valence-electron chi connectivity index (χ3n) is 3.75. The van der Waals surface area contributed by atoms with Crippen LogP contribution in [-0.2, 0) is 10.0 Å². The zero-order valence-electron chi connectivity index (χ0n) is 12.2. The Morgan fingerprint density at radius 2 is 2.30 bits per heavy atom. The molecule has 1 aromatic rings. The van der Waals surface area contributed by atoms with Crippen LogP contribution in [0.15, 0.2) is 18.3 Å². The number of nitrogens with zero attached hydrogens (tertiary/aromatic N) is 2. The van der Waals surface area contributed by atoms with Crippen LogP contribution in [0, 0.1) is 0 Å². The second-order valence-corrected chi connectivity index (χ2v) is 7.33. The number of hydrogen-bond donors (Lipinski definition) is 1. The summed E-state index contributed by atoms with van der Waals surface area (Å²) < 4.78 is 26.0. The molecule has 0 bridgehead atoms. The van der Waals surface area contributed by atoms with Gasteiger partial charge in [0.2, 0.25) is 10.0 Å². The molecule has 6 heteroatoms. The van der Waals surface area contributed by atoms with Crippen molar-refractivity contribution >= 4 is 15.8 Å². The molecule has 0 spiro atoms. The summed E-state index contributed by atoms with van der Waals surface area (Å²) in [5.41, 5.74) is 1.17. The third-order valence-corrected chi connectivity index (χ3v) is 5.79. The van der Waals surface area contributed by atoms with E-state index in [9.17, 15) is 8.42 Å². The summed E-state index contributed by atoms with van der Waals surface area (Å²) in [6, 6.07) is 4.00. The Kier molecular flexibility index (Phi) is 4.99. The predicted molar refractivity (Wildman–Crippen MR) is 81.4 cm³/mol. The van der Waals surface area contributed by atoms with E-state index >= 15 is 0 Å². The van der Waals surface area contributed by atoms with Gasteiger partial charge in [-0.05, 0) is 42.9 Å². The molecule has 0 unspecified atom stereocenters. The van der Waals surface area contributed by atoms with E-state index in [0.717, 1.165) is 18.7 Å². The minimum atomic E-state index is -3.09. The third kappa shape index (κ3) is 3.49. The van der Waals surface area contributed by atoms with Crippen LogP contribution >= 0.6 is 0 Å². The number of pyridine rings is 1. The number of hydrogen-bond acceptors (Lipinski definition) is 4. The van der Waals surface area contributed by atoms with Gasteiger partial charge in [0.05, 0.1) is 5.75 Å². The molecule has 0 aromatic carbocycles. The van der Waals surface area contributed by atoms with Gasteiger partial charge in [0.15, 0.2) is 0 Å². The van der Waals surface area contributed by atoms with Crippen molar-refractivity contribution < 1.29 is 8.42 Å². The van der Waals surface area contributed by atoms with Gasteiger partial charge >= 0.3 is 0 Å². The van der Waals surface area contributed by atoms with Gasteiger partial charge in [-0.2, -0.15) is 0 Å². The van der Waals surface area contributed by atoms with Crippen LogP contribution in [0.2, 0.25) is 0 Å². The van der Waals surface area contributed by atoms with Crippen LogP contribution < -0.4 is 5.32 Å². The summed E-state index contributed by atoms with van der Waals surface area (Å²) in [7, 11) is -1.25. The average molecular weight is 297 g/mol. The highest BCUT2D eigenvalue weighted by atomic mass is 32.2. The Morgan fingerprint density at radius 3 is 3.00 bits per heavy atom. The van der Waals surface area contributed by atoms with Crippen LogP contribution in [0.1, 0.15) is 37.7 Å². The normalized spacial score (nSPS) is 20.8. The van der Waals surface area contributed by atoms with Crippen molar-refractivity contribution in [3.63, 3.8) is 0 Å². The monoisotopic (exact) mass is 297 g/mol. The van der Waals surface area contributed by atoms with Crippen LogP contribution in [0.3, 0.4) is 0 Å². The van der Waals surface area contributed by atoms with E-state index in [1.54, 1.807) is 10.5 Å². The molecular formula is C14H23N3O2S. The Hall–Kier alpha value is -1.14. The van der Waals surface area contributed by atoms with E-state index in [2.05, 4.69) is 10.3 Å². The van der Waals surface area contributed by atoms with Crippen molar-refractivity contribution in [2.75, 3.05) is 31.2 Å². The fourth-order valence-corrected chi connectivity index (χ4v) is 4.28. The summed E-state index contributed by atoms with van der Waals surface area (Å²) in [4.78, 5) is 4.21. The van der Waals surface area contributed by atoms with Crippen molar-refractivity contribution in [2.45, 2.75) is 32.1 Å². The summed E-state index contributed by atoms with van der Waals surface area (Å²) in [6.45, 7) is 3.15. The van der Waals surface area contributed by atoms with E-state index in [-0.39, 0.29) is 11.7 Å². The van der Waals surface area contributed by atoms with E-state index in [1.807, 2.05) is 26.1 Å². The predicted octanol–water partition coefficient (Wildman–Crippen LogP) is 2.04. The molecule has 1 aliphatic rings. The lowest BCUT2D eigenvalue weighted by Crippen LogP contribution is -2.40. The zero-order chi connectivity index (χ0) is 14.6. The lowest BCUT2D eigenvalue weighted by molar-refractivity contribution is 0.315. The first-order chi connectivity index (χ1) is 9.56. The largest absolute Gasteiger partial charge is 0.373 e. The van der Waals surface area contributed by atoms with Crippen LogP contribution in [0.25, 0.3) is 0 Å². The quantitative estimate of drug-likeness (QED) is 0.903. The topological polar surface area (TPSA) is 62.3 Å². The molecule has 1 aliphatic heterocycles. The molecule has 2 heterocycles. The highest BCUT2D eigenvalue weighted by molar-refractivity contribution is 7.89. The van der Waals surface area contributed by atoms with Gasteiger partial charge in [-0.25, -0.2) is 17.7 Å². The van der Waals surface area contributed by atoms with E-state index in [0.29, 0.717) is 19.5 Å². The van der Waals surface area contributed by atoms with Gasteiger partial charge in [0.1, 0.15) is 5.82 Å². The molecule has 1 saturated heterocycles. The fraction of sp³-hybridized carbons (Fsp3) is 0.643. The van der Waals surface area contributed by atoms with Crippen molar-refractivity contribution in [1.29, 1.82) is 0 Å². The second kappa shape index (κ2) is 6.54.